The monoisotopic (exact) mass is 524 g/mol. The fourth-order valence-electron chi connectivity index (χ4n) is 3.63. The van der Waals surface area contributed by atoms with E-state index in [0.29, 0.717) is 6.61 Å². The number of aliphatic imine (C=N–C) groups is 1. The summed E-state index contributed by atoms with van der Waals surface area (Å²) in [6.07, 6.45) is 3.79. The molecule has 7 heteroatoms. The summed E-state index contributed by atoms with van der Waals surface area (Å²) in [4.78, 5) is 18.9. The van der Waals surface area contributed by atoms with Gasteiger partial charge in [-0.25, -0.2) is 0 Å². The Hall–Kier alpha value is -1.87. The number of guanidine groups is 1. The van der Waals surface area contributed by atoms with Gasteiger partial charge in [0.2, 0.25) is 5.56 Å². The average Bonchev–Trinajstić information content (AvgIpc) is 2.74. The zero-order chi connectivity index (χ0) is 20.5. The van der Waals surface area contributed by atoms with Gasteiger partial charge >= 0.3 is 0 Å². The lowest BCUT2D eigenvalue weighted by Crippen LogP contribution is -2.48. The number of hydrogen-bond donors (Lipinski definition) is 1. The first-order valence-corrected chi connectivity index (χ1v) is 10.5. The van der Waals surface area contributed by atoms with Crippen molar-refractivity contribution >= 4 is 29.9 Å². The van der Waals surface area contributed by atoms with E-state index in [1.54, 1.807) is 16.7 Å². The number of benzene rings is 1. The largest absolute Gasteiger partial charge is 0.370 e. The number of aromatic nitrogens is 1. The highest BCUT2D eigenvalue weighted by Gasteiger charge is 2.25. The molecule has 1 saturated heterocycles. The number of pyridine rings is 1. The molecule has 2 heterocycles. The number of nitrogens with one attached hydrogen (secondary N) is 1. The Morgan fingerprint density at radius 3 is 2.77 bits per heavy atom. The predicted octanol–water partition coefficient (Wildman–Crippen LogP) is 3.59. The molecule has 1 aromatic carbocycles. The third kappa shape index (κ3) is 6.84. The van der Waals surface area contributed by atoms with Crippen LogP contribution in [0.2, 0.25) is 0 Å². The molecule has 1 N–H and O–H groups in total. The molecule has 3 rings (SSSR count). The summed E-state index contributed by atoms with van der Waals surface area (Å²) in [6.45, 7) is 8.88. The van der Waals surface area contributed by atoms with E-state index in [4.69, 9.17) is 9.73 Å². The molecule has 0 bridgehead atoms. The lowest BCUT2D eigenvalue weighted by molar-refractivity contribution is -0.00832. The quantitative estimate of drug-likeness (QED) is 0.261. The van der Waals surface area contributed by atoms with Crippen LogP contribution in [0.15, 0.2) is 58.4 Å². The summed E-state index contributed by atoms with van der Waals surface area (Å²) in [6, 6.07) is 13.7. The molecular formula is C23H33IN4O2. The minimum atomic E-state index is 0. The van der Waals surface area contributed by atoms with Crippen LogP contribution in [0.3, 0.4) is 0 Å². The second-order valence-electron chi connectivity index (χ2n) is 7.34. The molecule has 0 spiro atoms. The van der Waals surface area contributed by atoms with E-state index in [-0.39, 0.29) is 35.6 Å². The number of aryl methyl sites for hydroxylation is 2. The van der Waals surface area contributed by atoms with Crippen molar-refractivity contribution in [1.82, 2.24) is 14.8 Å². The first-order chi connectivity index (χ1) is 14.2. The summed E-state index contributed by atoms with van der Waals surface area (Å²) >= 11 is 0. The van der Waals surface area contributed by atoms with Crippen LogP contribution < -0.4 is 10.9 Å². The standard InChI is InChI=1S/C23H32N4O2.HI/c1-3-24-23(25-13-7-9-15-26-14-8-6-12-22(26)28)27-16-17-29-21(18-27)20-11-5-4-10-19(20)2;/h4-6,8,10-12,14,21H,3,7,9,13,15-18H2,1-2H3,(H,24,25);1H. The van der Waals surface area contributed by atoms with Crippen molar-refractivity contribution in [3.05, 3.63) is 70.1 Å². The van der Waals surface area contributed by atoms with E-state index in [0.717, 1.165) is 51.5 Å². The zero-order valence-electron chi connectivity index (χ0n) is 17.9. The van der Waals surface area contributed by atoms with E-state index in [1.165, 1.54) is 11.1 Å². The first kappa shape index (κ1) is 24.4. The van der Waals surface area contributed by atoms with Crippen LogP contribution in [-0.4, -0.2) is 48.2 Å². The molecule has 0 saturated carbocycles. The Bertz CT molecular complexity index is 868. The molecule has 6 nitrogen and oxygen atoms in total. The summed E-state index contributed by atoms with van der Waals surface area (Å²) < 4.78 is 7.80. The van der Waals surface area contributed by atoms with Crippen molar-refractivity contribution in [3.63, 3.8) is 0 Å². The highest BCUT2D eigenvalue weighted by molar-refractivity contribution is 14.0. The summed E-state index contributed by atoms with van der Waals surface area (Å²) in [5.41, 5.74) is 2.57. The maximum atomic E-state index is 11.8. The second kappa shape index (κ2) is 12.7. The van der Waals surface area contributed by atoms with Crippen LogP contribution in [0.5, 0.6) is 0 Å². The number of unbranched alkanes of at least 4 members (excludes halogenated alkanes) is 1. The number of hydrogen-bond acceptors (Lipinski definition) is 3. The van der Waals surface area contributed by atoms with E-state index >= 15 is 0 Å². The molecular weight excluding hydrogens is 491 g/mol. The van der Waals surface area contributed by atoms with Gasteiger partial charge in [-0.3, -0.25) is 9.79 Å². The normalized spacial score (nSPS) is 16.8. The van der Waals surface area contributed by atoms with Crippen LogP contribution >= 0.6 is 24.0 Å². The lowest BCUT2D eigenvalue weighted by Gasteiger charge is -2.35. The molecule has 0 aliphatic carbocycles. The molecule has 1 aliphatic heterocycles. The van der Waals surface area contributed by atoms with Gasteiger partial charge in [0.25, 0.3) is 0 Å². The van der Waals surface area contributed by atoms with Gasteiger partial charge in [-0.15, -0.1) is 24.0 Å². The number of halogens is 1. The molecule has 1 atom stereocenters. The average molecular weight is 524 g/mol. The van der Waals surface area contributed by atoms with Gasteiger partial charge in [0.05, 0.1) is 13.2 Å². The Kier molecular flexibility index (Phi) is 10.4. The fourth-order valence-corrected chi connectivity index (χ4v) is 3.63. The number of morpholine rings is 1. The molecule has 0 amide bonds. The molecule has 1 fully saturated rings. The third-order valence-corrected chi connectivity index (χ3v) is 5.20. The molecule has 2 aromatic rings. The third-order valence-electron chi connectivity index (χ3n) is 5.20. The van der Waals surface area contributed by atoms with Gasteiger partial charge in [-0.2, -0.15) is 0 Å². The lowest BCUT2D eigenvalue weighted by atomic mass is 10.0. The van der Waals surface area contributed by atoms with E-state index in [2.05, 4.69) is 48.3 Å². The van der Waals surface area contributed by atoms with E-state index < -0.39 is 0 Å². The molecule has 30 heavy (non-hydrogen) atoms. The van der Waals surface area contributed by atoms with Crippen LogP contribution in [0.4, 0.5) is 0 Å². The van der Waals surface area contributed by atoms with Crippen molar-refractivity contribution < 1.29 is 4.74 Å². The second-order valence-corrected chi connectivity index (χ2v) is 7.34. The van der Waals surface area contributed by atoms with Crippen molar-refractivity contribution in [2.24, 2.45) is 4.99 Å². The maximum Gasteiger partial charge on any atom is 0.250 e. The Morgan fingerprint density at radius 1 is 1.20 bits per heavy atom. The summed E-state index contributed by atoms with van der Waals surface area (Å²) in [7, 11) is 0. The predicted molar refractivity (Wildman–Crippen MR) is 133 cm³/mol. The molecule has 0 radical (unpaired) electrons. The number of rotatable bonds is 7. The van der Waals surface area contributed by atoms with Gasteiger partial charge in [0.1, 0.15) is 6.10 Å². The fraction of sp³-hybridized carbons (Fsp3) is 0.478. The van der Waals surface area contributed by atoms with Gasteiger partial charge in [-0.05, 0) is 43.9 Å². The molecule has 1 unspecified atom stereocenters. The summed E-state index contributed by atoms with van der Waals surface area (Å²) in [5.74, 6) is 0.950. The number of nitrogens with zero attached hydrogens (tertiary/aromatic N) is 3. The summed E-state index contributed by atoms with van der Waals surface area (Å²) in [5, 5.41) is 3.42. The Morgan fingerprint density at radius 2 is 2.00 bits per heavy atom. The molecule has 1 aromatic heterocycles. The van der Waals surface area contributed by atoms with E-state index in [9.17, 15) is 4.79 Å². The minimum Gasteiger partial charge on any atom is -0.370 e. The Balaban J connectivity index is 0.00000320. The van der Waals surface area contributed by atoms with Gasteiger partial charge in [0, 0.05) is 38.4 Å². The molecule has 164 valence electrons. The van der Waals surface area contributed by atoms with Gasteiger partial charge in [-0.1, -0.05) is 30.3 Å². The first-order valence-electron chi connectivity index (χ1n) is 10.5. The van der Waals surface area contributed by atoms with Crippen molar-refractivity contribution in [3.8, 4) is 0 Å². The van der Waals surface area contributed by atoms with Crippen molar-refractivity contribution in [2.45, 2.75) is 39.3 Å². The molecule has 1 aliphatic rings. The van der Waals surface area contributed by atoms with Crippen molar-refractivity contribution in [2.75, 3.05) is 32.8 Å². The zero-order valence-corrected chi connectivity index (χ0v) is 20.2. The van der Waals surface area contributed by atoms with E-state index in [1.807, 2.05) is 12.3 Å². The van der Waals surface area contributed by atoms with Gasteiger partial charge < -0.3 is 19.5 Å². The maximum absolute atomic E-state index is 11.8. The van der Waals surface area contributed by atoms with Crippen LogP contribution in [-0.2, 0) is 11.3 Å². The van der Waals surface area contributed by atoms with Crippen molar-refractivity contribution in [1.29, 1.82) is 0 Å². The Labute approximate surface area is 196 Å². The highest BCUT2D eigenvalue weighted by Crippen LogP contribution is 2.24. The van der Waals surface area contributed by atoms with Crippen LogP contribution in [0.25, 0.3) is 0 Å². The number of ether oxygens (including phenoxy) is 1. The van der Waals surface area contributed by atoms with Gasteiger partial charge in [0.15, 0.2) is 5.96 Å². The topological polar surface area (TPSA) is 58.9 Å². The van der Waals surface area contributed by atoms with Crippen LogP contribution in [0, 0.1) is 6.92 Å². The smallest absolute Gasteiger partial charge is 0.250 e. The minimum absolute atomic E-state index is 0. The van der Waals surface area contributed by atoms with Crippen LogP contribution in [0.1, 0.15) is 37.0 Å². The highest BCUT2D eigenvalue weighted by atomic mass is 127. The SMILES string of the molecule is CCNC(=NCCCCn1ccccc1=O)N1CCOC(c2ccccc2C)C1.I.